The number of nitrogens with one attached hydrogen (secondary N) is 1. The predicted octanol–water partition coefficient (Wildman–Crippen LogP) is 2.09. The number of amides is 5. The molecule has 5 rings (SSSR count). The molecule has 9 heteroatoms. The van der Waals surface area contributed by atoms with Crippen LogP contribution in [0.5, 0.6) is 0 Å². The summed E-state index contributed by atoms with van der Waals surface area (Å²) in [7, 11) is 0. The van der Waals surface area contributed by atoms with Crippen LogP contribution >= 0.6 is 0 Å². The lowest BCUT2D eigenvalue weighted by Gasteiger charge is -2.17. The smallest absolute Gasteiger partial charge is 0.261 e. The van der Waals surface area contributed by atoms with Crippen LogP contribution in [0.15, 0.2) is 42.5 Å². The van der Waals surface area contributed by atoms with Crippen molar-refractivity contribution in [3.63, 3.8) is 0 Å². The van der Waals surface area contributed by atoms with E-state index in [1.54, 1.807) is 30.3 Å². The molecule has 2 aromatic carbocycles. The second kappa shape index (κ2) is 8.25. The molecule has 0 spiro atoms. The molecule has 1 N–H and O–H groups in total. The third-order valence-corrected chi connectivity index (χ3v) is 6.11. The minimum atomic E-state index is -0.420. The van der Waals surface area contributed by atoms with Crippen LogP contribution < -0.4 is 5.32 Å². The maximum atomic E-state index is 12.8. The summed E-state index contributed by atoms with van der Waals surface area (Å²) >= 11 is 0. The van der Waals surface area contributed by atoms with E-state index in [1.165, 1.54) is 17.0 Å². The minimum Gasteiger partial charge on any atom is -0.376 e. The van der Waals surface area contributed by atoms with Gasteiger partial charge in [0, 0.05) is 25.3 Å². The van der Waals surface area contributed by atoms with Gasteiger partial charge in [0.05, 0.1) is 34.9 Å². The highest BCUT2D eigenvalue weighted by Gasteiger charge is 2.38. The Labute approximate surface area is 189 Å². The highest BCUT2D eigenvalue weighted by Crippen LogP contribution is 2.28. The van der Waals surface area contributed by atoms with E-state index in [9.17, 15) is 24.0 Å². The zero-order valence-electron chi connectivity index (χ0n) is 17.7. The summed E-state index contributed by atoms with van der Waals surface area (Å²) in [5.41, 5.74) is 1.55. The van der Waals surface area contributed by atoms with Crippen molar-refractivity contribution in [1.82, 2.24) is 9.80 Å². The van der Waals surface area contributed by atoms with Crippen LogP contribution in [0.1, 0.15) is 60.7 Å². The summed E-state index contributed by atoms with van der Waals surface area (Å²) in [5, 5.41) is 2.67. The Morgan fingerprint density at radius 2 is 1.52 bits per heavy atom. The number of benzene rings is 2. The molecule has 33 heavy (non-hydrogen) atoms. The number of hydrogen-bond acceptors (Lipinski definition) is 6. The fourth-order valence-electron chi connectivity index (χ4n) is 4.41. The molecule has 1 unspecified atom stereocenters. The van der Waals surface area contributed by atoms with E-state index in [2.05, 4.69) is 5.32 Å². The topological polar surface area (TPSA) is 113 Å². The number of fused-ring (bicyclic) bond motifs is 2. The molecule has 3 aliphatic heterocycles. The van der Waals surface area contributed by atoms with Crippen LogP contribution in [-0.2, 0) is 9.53 Å². The van der Waals surface area contributed by atoms with Crippen LogP contribution in [0.2, 0.25) is 0 Å². The molecular formula is C24H21N3O6. The Balaban J connectivity index is 1.22. The van der Waals surface area contributed by atoms with Gasteiger partial charge in [-0.2, -0.15) is 0 Å². The van der Waals surface area contributed by atoms with Gasteiger partial charge in [-0.1, -0.05) is 12.1 Å². The number of nitrogens with zero attached hydrogens (tertiary/aromatic N) is 2. The lowest BCUT2D eigenvalue weighted by Crippen LogP contribution is -2.36. The van der Waals surface area contributed by atoms with Crippen molar-refractivity contribution in [2.75, 3.05) is 25.0 Å². The fraction of sp³-hybridized carbons (Fsp3) is 0.292. The Hall–Kier alpha value is -3.85. The summed E-state index contributed by atoms with van der Waals surface area (Å²) in [4.78, 5) is 64.9. The van der Waals surface area contributed by atoms with Crippen molar-refractivity contribution in [2.24, 2.45) is 0 Å². The number of carbonyl (C=O) groups is 5. The number of hydrogen-bond donors (Lipinski definition) is 1. The zero-order chi connectivity index (χ0) is 23.1. The van der Waals surface area contributed by atoms with Gasteiger partial charge in [0.1, 0.15) is 0 Å². The number of rotatable bonds is 6. The van der Waals surface area contributed by atoms with Crippen LogP contribution in [0.4, 0.5) is 5.69 Å². The molecule has 0 bridgehead atoms. The third-order valence-electron chi connectivity index (χ3n) is 6.11. The Bertz CT molecular complexity index is 1170. The second-order valence-corrected chi connectivity index (χ2v) is 8.22. The van der Waals surface area contributed by atoms with E-state index in [4.69, 9.17) is 4.74 Å². The lowest BCUT2D eigenvalue weighted by atomic mass is 10.1. The molecule has 1 atom stereocenters. The number of anilines is 1. The number of imide groups is 2. The predicted molar refractivity (Wildman–Crippen MR) is 116 cm³/mol. The first-order chi connectivity index (χ1) is 15.9. The average molecular weight is 447 g/mol. The second-order valence-electron chi connectivity index (χ2n) is 8.22. The van der Waals surface area contributed by atoms with E-state index in [0.717, 1.165) is 17.7 Å². The normalized spacial score (nSPS) is 19.3. The highest BCUT2D eigenvalue weighted by molar-refractivity contribution is 6.22. The fourth-order valence-corrected chi connectivity index (χ4v) is 4.41. The quantitative estimate of drug-likeness (QED) is 0.679. The van der Waals surface area contributed by atoms with E-state index in [0.29, 0.717) is 29.0 Å². The summed E-state index contributed by atoms with van der Waals surface area (Å²) in [6, 6.07) is 11.1. The first kappa shape index (κ1) is 21.0. The molecule has 3 aliphatic rings. The van der Waals surface area contributed by atoms with Gasteiger partial charge >= 0.3 is 0 Å². The van der Waals surface area contributed by atoms with Gasteiger partial charge in [-0.05, 0) is 43.2 Å². The van der Waals surface area contributed by atoms with Crippen LogP contribution in [0, 0.1) is 0 Å². The maximum absolute atomic E-state index is 12.8. The first-order valence-electron chi connectivity index (χ1n) is 10.8. The Morgan fingerprint density at radius 3 is 2.18 bits per heavy atom. The van der Waals surface area contributed by atoms with Gasteiger partial charge in [-0.25, -0.2) is 0 Å². The zero-order valence-corrected chi connectivity index (χ0v) is 17.7. The lowest BCUT2D eigenvalue weighted by molar-refractivity contribution is -0.116. The molecule has 0 saturated carbocycles. The van der Waals surface area contributed by atoms with Crippen molar-refractivity contribution in [3.8, 4) is 0 Å². The molecule has 0 radical (unpaired) electrons. The minimum absolute atomic E-state index is 0.0598. The van der Waals surface area contributed by atoms with Gasteiger partial charge in [0.15, 0.2) is 0 Å². The van der Waals surface area contributed by atoms with Crippen molar-refractivity contribution in [3.05, 3.63) is 64.7 Å². The highest BCUT2D eigenvalue weighted by atomic mass is 16.5. The van der Waals surface area contributed by atoms with E-state index >= 15 is 0 Å². The van der Waals surface area contributed by atoms with Crippen LogP contribution in [0.3, 0.4) is 0 Å². The molecular weight excluding hydrogens is 426 g/mol. The van der Waals surface area contributed by atoms with E-state index in [1.807, 2.05) is 0 Å². The molecule has 1 fully saturated rings. The van der Waals surface area contributed by atoms with Crippen LogP contribution in [-0.4, -0.2) is 65.1 Å². The van der Waals surface area contributed by atoms with Gasteiger partial charge in [0.2, 0.25) is 5.91 Å². The molecule has 0 aromatic heterocycles. The molecule has 168 valence electrons. The number of carbonyl (C=O) groups excluding carboxylic acids is 5. The van der Waals surface area contributed by atoms with Gasteiger partial charge < -0.3 is 10.1 Å². The van der Waals surface area contributed by atoms with E-state index in [-0.39, 0.29) is 37.1 Å². The van der Waals surface area contributed by atoms with Crippen molar-refractivity contribution in [1.29, 1.82) is 0 Å². The van der Waals surface area contributed by atoms with Crippen molar-refractivity contribution < 1.29 is 28.7 Å². The molecule has 0 aliphatic carbocycles. The largest absolute Gasteiger partial charge is 0.376 e. The van der Waals surface area contributed by atoms with Gasteiger partial charge in [0.25, 0.3) is 23.6 Å². The summed E-state index contributed by atoms with van der Waals surface area (Å²) in [6.45, 7) is 0.786. The average Bonchev–Trinajstić information content (AvgIpc) is 3.48. The van der Waals surface area contributed by atoms with Gasteiger partial charge in [-0.3, -0.25) is 33.8 Å². The summed E-state index contributed by atoms with van der Waals surface area (Å²) < 4.78 is 5.54. The van der Waals surface area contributed by atoms with Crippen molar-refractivity contribution in [2.45, 2.75) is 25.4 Å². The molecule has 5 amide bonds. The van der Waals surface area contributed by atoms with Crippen molar-refractivity contribution >= 4 is 35.2 Å². The summed E-state index contributed by atoms with van der Waals surface area (Å²) in [5.74, 6) is -2.03. The first-order valence-corrected chi connectivity index (χ1v) is 10.8. The molecule has 9 nitrogen and oxygen atoms in total. The Kier molecular flexibility index (Phi) is 5.26. The maximum Gasteiger partial charge on any atom is 0.261 e. The SMILES string of the molecule is O=C(CCN1C(=O)c2ccccc2C1=O)Nc1ccc2c(c1)C(=O)N(CC1CCCO1)C2=O. The molecule has 2 aromatic rings. The van der Waals surface area contributed by atoms with E-state index < -0.39 is 23.6 Å². The van der Waals surface area contributed by atoms with Crippen LogP contribution in [0.25, 0.3) is 0 Å². The third kappa shape index (κ3) is 3.70. The van der Waals surface area contributed by atoms with Gasteiger partial charge in [-0.15, -0.1) is 0 Å². The Morgan fingerprint density at radius 1 is 0.879 bits per heavy atom. The monoisotopic (exact) mass is 447 g/mol. The molecule has 1 saturated heterocycles. The number of ether oxygens (including phenoxy) is 1. The standard InChI is InChI=1S/C24H21N3O6/c28-20(9-10-26-21(29)16-5-1-2-6-17(16)22(26)30)25-14-7-8-18-19(12-14)24(32)27(23(18)31)13-15-4-3-11-33-15/h1-2,5-8,12,15H,3-4,9-11,13H2,(H,25,28). The molecule has 3 heterocycles. The summed E-state index contributed by atoms with van der Waals surface area (Å²) in [6.07, 6.45) is 1.47.